The number of alkyl halides is 2. The molecule has 0 amide bonds. The molecule has 0 bridgehead atoms. The summed E-state index contributed by atoms with van der Waals surface area (Å²) in [6.45, 7) is 0. The van der Waals surface area contributed by atoms with Gasteiger partial charge >= 0.3 is 0 Å². The molecule has 0 aliphatic rings. The monoisotopic (exact) mass is 252 g/mol. The van der Waals surface area contributed by atoms with Gasteiger partial charge in [-0.15, -0.1) is 0 Å². The van der Waals surface area contributed by atoms with E-state index in [1.165, 1.54) is 6.07 Å². The molecule has 0 spiro atoms. The maximum absolute atomic E-state index is 12.4. The van der Waals surface area contributed by atoms with E-state index in [9.17, 15) is 17.2 Å². The van der Waals surface area contributed by atoms with E-state index in [4.69, 9.17) is 15.9 Å². The van der Waals surface area contributed by atoms with Gasteiger partial charge in [0.2, 0.25) is 0 Å². The SMILES string of the molecule is N#Cc1ccnc(C(F)F)c1S(=O)(=O)Cl. The molecule has 0 unspecified atom stereocenters. The van der Waals surface area contributed by atoms with Crippen molar-refractivity contribution in [2.75, 3.05) is 0 Å². The fourth-order valence-corrected chi connectivity index (χ4v) is 2.22. The highest BCUT2D eigenvalue weighted by atomic mass is 35.7. The summed E-state index contributed by atoms with van der Waals surface area (Å²) in [6.07, 6.45) is -2.19. The standard InChI is InChI=1S/C7H3ClF2N2O2S/c8-15(13,14)6-4(3-11)1-2-12-5(6)7(9)10/h1-2,7H. The van der Waals surface area contributed by atoms with Gasteiger partial charge in [0.25, 0.3) is 15.5 Å². The van der Waals surface area contributed by atoms with Crippen molar-refractivity contribution in [3.63, 3.8) is 0 Å². The van der Waals surface area contributed by atoms with E-state index in [0.717, 1.165) is 12.3 Å². The molecule has 1 rings (SSSR count). The molecule has 80 valence electrons. The molecule has 8 heteroatoms. The zero-order chi connectivity index (χ0) is 11.6. The second kappa shape index (κ2) is 4.08. The molecule has 15 heavy (non-hydrogen) atoms. The molecule has 4 nitrogen and oxygen atoms in total. The highest BCUT2D eigenvalue weighted by Crippen LogP contribution is 2.29. The average molecular weight is 253 g/mol. The first-order valence-corrected chi connectivity index (χ1v) is 5.80. The molecule has 0 saturated carbocycles. The number of hydrogen-bond acceptors (Lipinski definition) is 4. The molecule has 0 aliphatic carbocycles. The topological polar surface area (TPSA) is 70.8 Å². The number of halogens is 3. The third kappa shape index (κ3) is 2.40. The van der Waals surface area contributed by atoms with Crippen molar-refractivity contribution in [3.8, 4) is 6.07 Å². The van der Waals surface area contributed by atoms with Crippen LogP contribution < -0.4 is 0 Å². The van der Waals surface area contributed by atoms with Crippen LogP contribution in [0.15, 0.2) is 17.2 Å². The third-order valence-electron chi connectivity index (χ3n) is 1.50. The molecule has 0 fully saturated rings. The normalized spacial score (nSPS) is 11.4. The van der Waals surface area contributed by atoms with E-state index in [-0.39, 0.29) is 0 Å². The molecule has 0 aromatic carbocycles. The Bertz CT molecular complexity index is 524. The summed E-state index contributed by atoms with van der Waals surface area (Å²) in [5, 5.41) is 8.54. The number of nitrogens with zero attached hydrogens (tertiary/aromatic N) is 2. The smallest absolute Gasteiger partial charge is 0.254 e. The predicted molar refractivity (Wildman–Crippen MR) is 46.9 cm³/mol. The van der Waals surface area contributed by atoms with Gasteiger partial charge in [0.15, 0.2) is 0 Å². The van der Waals surface area contributed by atoms with E-state index in [1.807, 2.05) is 0 Å². The third-order valence-corrected chi connectivity index (χ3v) is 2.88. The molecule has 0 radical (unpaired) electrons. The Labute approximate surface area is 88.5 Å². The van der Waals surface area contributed by atoms with Crippen molar-refractivity contribution in [1.82, 2.24) is 4.98 Å². The first-order chi connectivity index (χ1) is 6.88. The number of pyridine rings is 1. The molecule has 0 N–H and O–H groups in total. The average Bonchev–Trinajstić information content (AvgIpc) is 2.15. The summed E-state index contributed by atoms with van der Waals surface area (Å²) >= 11 is 0. The second-order valence-electron chi connectivity index (χ2n) is 2.42. The van der Waals surface area contributed by atoms with Crippen LogP contribution in [0, 0.1) is 11.3 Å². The summed E-state index contributed by atoms with van der Waals surface area (Å²) in [4.78, 5) is 2.26. The van der Waals surface area contributed by atoms with Crippen LogP contribution in [0.4, 0.5) is 8.78 Å². The molecular formula is C7H3ClF2N2O2S. The van der Waals surface area contributed by atoms with Gasteiger partial charge in [-0.1, -0.05) is 0 Å². The number of aromatic nitrogens is 1. The maximum Gasteiger partial charge on any atom is 0.281 e. The van der Waals surface area contributed by atoms with Gasteiger partial charge in [-0.05, 0) is 6.07 Å². The molecule has 1 aromatic rings. The van der Waals surface area contributed by atoms with E-state index in [0.29, 0.717) is 0 Å². The summed E-state index contributed by atoms with van der Waals surface area (Å²) in [7, 11) is 0.525. The van der Waals surface area contributed by atoms with Crippen LogP contribution >= 0.6 is 10.7 Å². The van der Waals surface area contributed by atoms with Gasteiger partial charge in [0.1, 0.15) is 16.7 Å². The summed E-state index contributed by atoms with van der Waals surface area (Å²) in [6, 6.07) is 2.46. The Morgan fingerprint density at radius 3 is 2.53 bits per heavy atom. The van der Waals surface area contributed by atoms with Gasteiger partial charge in [0.05, 0.1) is 5.56 Å². The van der Waals surface area contributed by atoms with Gasteiger partial charge in [-0.3, -0.25) is 4.98 Å². The molecule has 0 saturated heterocycles. The number of rotatable bonds is 2. The highest BCUT2D eigenvalue weighted by Gasteiger charge is 2.26. The van der Waals surface area contributed by atoms with Crippen molar-refractivity contribution in [2.45, 2.75) is 11.3 Å². The van der Waals surface area contributed by atoms with E-state index in [1.54, 1.807) is 0 Å². The van der Waals surface area contributed by atoms with Crippen LogP contribution in [0.25, 0.3) is 0 Å². The zero-order valence-electron chi connectivity index (χ0n) is 6.99. The second-order valence-corrected chi connectivity index (χ2v) is 4.93. The first-order valence-electron chi connectivity index (χ1n) is 3.49. The number of nitriles is 1. The van der Waals surface area contributed by atoms with Gasteiger partial charge in [0, 0.05) is 16.9 Å². The minimum absolute atomic E-state index is 0.449. The van der Waals surface area contributed by atoms with E-state index >= 15 is 0 Å². The Kier molecular flexibility index (Phi) is 3.21. The highest BCUT2D eigenvalue weighted by molar-refractivity contribution is 8.13. The number of hydrogen-bond donors (Lipinski definition) is 0. The van der Waals surface area contributed by atoms with Crippen LogP contribution in [0.1, 0.15) is 17.7 Å². The lowest BCUT2D eigenvalue weighted by Crippen LogP contribution is -2.04. The van der Waals surface area contributed by atoms with E-state index < -0.39 is 31.6 Å². The maximum atomic E-state index is 12.4. The fraction of sp³-hybridized carbons (Fsp3) is 0.143. The Morgan fingerprint density at radius 1 is 1.53 bits per heavy atom. The molecular weight excluding hydrogens is 250 g/mol. The Balaban J connectivity index is 3.65. The van der Waals surface area contributed by atoms with Crippen molar-refractivity contribution in [3.05, 3.63) is 23.5 Å². The Morgan fingerprint density at radius 2 is 2.13 bits per heavy atom. The Hall–Kier alpha value is -1.26. The molecule has 0 atom stereocenters. The largest absolute Gasteiger partial charge is 0.281 e. The van der Waals surface area contributed by atoms with Crippen molar-refractivity contribution < 1.29 is 17.2 Å². The van der Waals surface area contributed by atoms with Crippen LogP contribution in [0.5, 0.6) is 0 Å². The van der Waals surface area contributed by atoms with Crippen LogP contribution in [-0.4, -0.2) is 13.4 Å². The lowest BCUT2D eigenvalue weighted by Gasteiger charge is -2.05. The minimum Gasteiger partial charge on any atom is -0.254 e. The quantitative estimate of drug-likeness (QED) is 0.753. The zero-order valence-corrected chi connectivity index (χ0v) is 8.56. The molecule has 1 heterocycles. The van der Waals surface area contributed by atoms with Crippen LogP contribution in [0.3, 0.4) is 0 Å². The van der Waals surface area contributed by atoms with Crippen LogP contribution in [-0.2, 0) is 9.05 Å². The summed E-state index contributed by atoms with van der Waals surface area (Å²) in [5.74, 6) is 0. The van der Waals surface area contributed by atoms with Crippen molar-refractivity contribution in [1.29, 1.82) is 5.26 Å². The fourth-order valence-electron chi connectivity index (χ4n) is 0.964. The molecule has 0 aliphatic heterocycles. The van der Waals surface area contributed by atoms with Crippen molar-refractivity contribution >= 4 is 19.7 Å². The summed E-state index contributed by atoms with van der Waals surface area (Å²) < 4.78 is 46.7. The van der Waals surface area contributed by atoms with Crippen LogP contribution in [0.2, 0.25) is 0 Å². The van der Waals surface area contributed by atoms with Crippen molar-refractivity contribution in [2.24, 2.45) is 0 Å². The van der Waals surface area contributed by atoms with Gasteiger partial charge in [-0.2, -0.15) is 5.26 Å². The summed E-state index contributed by atoms with van der Waals surface area (Å²) in [5.41, 5.74) is -1.46. The predicted octanol–water partition coefficient (Wildman–Crippen LogP) is 1.82. The molecule has 1 aromatic heterocycles. The first kappa shape index (κ1) is 11.8. The van der Waals surface area contributed by atoms with E-state index in [2.05, 4.69) is 4.98 Å². The van der Waals surface area contributed by atoms with Gasteiger partial charge < -0.3 is 0 Å². The lowest BCUT2D eigenvalue weighted by atomic mass is 10.2. The minimum atomic E-state index is -4.41. The lowest BCUT2D eigenvalue weighted by molar-refractivity contribution is 0.142. The van der Waals surface area contributed by atoms with Gasteiger partial charge in [-0.25, -0.2) is 17.2 Å².